The van der Waals surface area contributed by atoms with Crippen LogP contribution in [0.25, 0.3) is 0 Å². The first-order valence-corrected chi connectivity index (χ1v) is 5.91. The predicted molar refractivity (Wildman–Crippen MR) is 75.2 cm³/mol. The van der Waals surface area contributed by atoms with Gasteiger partial charge in [0.2, 0.25) is 0 Å². The van der Waals surface area contributed by atoms with Crippen LogP contribution in [-0.4, -0.2) is 17.9 Å². The van der Waals surface area contributed by atoms with Gasteiger partial charge in [-0.1, -0.05) is 12.1 Å². The lowest BCUT2D eigenvalue weighted by Gasteiger charge is -2.20. The zero-order valence-corrected chi connectivity index (χ0v) is 10.7. The summed E-state index contributed by atoms with van der Waals surface area (Å²) in [6.45, 7) is 0.500. The number of carbonyl (C=O) groups is 1. The highest BCUT2D eigenvalue weighted by atomic mass is 16.1. The van der Waals surface area contributed by atoms with Gasteiger partial charge in [0.15, 0.2) is 0 Å². The number of aromatic nitrogens is 1. The Morgan fingerprint density at radius 1 is 1.26 bits per heavy atom. The van der Waals surface area contributed by atoms with Crippen molar-refractivity contribution in [3.8, 4) is 0 Å². The molecule has 1 heterocycles. The largest absolute Gasteiger partial charge is 0.365 e. The van der Waals surface area contributed by atoms with E-state index >= 15 is 0 Å². The van der Waals surface area contributed by atoms with Gasteiger partial charge < -0.3 is 16.4 Å². The van der Waals surface area contributed by atoms with E-state index in [1.54, 1.807) is 18.3 Å². The molecule has 0 aliphatic rings. The van der Waals surface area contributed by atoms with Crippen molar-refractivity contribution in [3.63, 3.8) is 0 Å². The quantitative estimate of drug-likeness (QED) is 0.866. The van der Waals surface area contributed by atoms with Gasteiger partial charge in [-0.2, -0.15) is 0 Å². The lowest BCUT2D eigenvalue weighted by atomic mass is 10.2. The maximum atomic E-state index is 11.4. The number of nitrogens with zero attached hydrogens (tertiary/aromatic N) is 2. The van der Waals surface area contributed by atoms with Crippen molar-refractivity contribution in [3.05, 3.63) is 53.7 Å². The molecule has 2 aromatic rings. The van der Waals surface area contributed by atoms with Gasteiger partial charge >= 0.3 is 0 Å². The molecule has 5 heteroatoms. The molecule has 0 aliphatic carbocycles. The Morgan fingerprint density at radius 2 is 1.95 bits per heavy atom. The van der Waals surface area contributed by atoms with Crippen molar-refractivity contribution in [1.29, 1.82) is 0 Å². The van der Waals surface area contributed by atoms with Gasteiger partial charge in [-0.3, -0.25) is 4.79 Å². The predicted octanol–water partition coefficient (Wildman–Crippen LogP) is 1.41. The van der Waals surface area contributed by atoms with Crippen LogP contribution in [0.1, 0.15) is 15.9 Å². The van der Waals surface area contributed by atoms with Gasteiger partial charge in [0.05, 0.1) is 5.56 Å². The van der Waals surface area contributed by atoms with Crippen LogP contribution in [0.4, 0.5) is 11.5 Å². The van der Waals surface area contributed by atoms with Crippen LogP contribution in [0, 0.1) is 0 Å². The van der Waals surface area contributed by atoms with Gasteiger partial charge in [-0.25, -0.2) is 4.98 Å². The second kappa shape index (κ2) is 5.49. The van der Waals surface area contributed by atoms with E-state index in [4.69, 9.17) is 11.5 Å². The van der Waals surface area contributed by atoms with Crippen molar-refractivity contribution >= 4 is 17.4 Å². The molecule has 1 aromatic heterocycles. The summed E-state index contributed by atoms with van der Waals surface area (Å²) >= 11 is 0. The molecule has 1 amide bonds. The molecule has 0 spiro atoms. The fraction of sp³-hybridized carbons (Fsp3) is 0.143. The summed E-state index contributed by atoms with van der Waals surface area (Å²) in [4.78, 5) is 17.4. The van der Waals surface area contributed by atoms with Crippen molar-refractivity contribution in [2.45, 2.75) is 6.54 Å². The molecule has 0 bridgehead atoms. The maximum absolute atomic E-state index is 11.4. The van der Waals surface area contributed by atoms with E-state index in [-0.39, 0.29) is 0 Å². The van der Waals surface area contributed by atoms with Gasteiger partial charge in [0, 0.05) is 25.5 Å². The molecular weight excluding hydrogens is 240 g/mol. The number of pyridine rings is 1. The molecule has 0 saturated heterocycles. The number of carbonyl (C=O) groups excluding carboxylic acids is 1. The van der Waals surface area contributed by atoms with Crippen molar-refractivity contribution in [2.75, 3.05) is 11.9 Å². The van der Waals surface area contributed by atoms with Crippen LogP contribution in [0.15, 0.2) is 42.6 Å². The van der Waals surface area contributed by atoms with Crippen LogP contribution in [0.2, 0.25) is 0 Å². The number of hydrogen-bond donors (Lipinski definition) is 2. The molecule has 5 nitrogen and oxygen atoms in total. The summed E-state index contributed by atoms with van der Waals surface area (Å²) in [5.41, 5.74) is 13.3. The Morgan fingerprint density at radius 3 is 2.53 bits per heavy atom. The highest BCUT2D eigenvalue weighted by Crippen LogP contribution is 2.24. The Kier molecular flexibility index (Phi) is 3.77. The smallest absolute Gasteiger partial charge is 0.252 e. The fourth-order valence-corrected chi connectivity index (χ4v) is 1.83. The number of amides is 1. The van der Waals surface area contributed by atoms with E-state index < -0.39 is 5.91 Å². The summed E-state index contributed by atoms with van der Waals surface area (Å²) in [5.74, 6) is 0.0454. The van der Waals surface area contributed by atoms with E-state index in [0.29, 0.717) is 17.9 Å². The van der Waals surface area contributed by atoms with Gasteiger partial charge in [0.1, 0.15) is 5.82 Å². The minimum Gasteiger partial charge on any atom is -0.365 e. The maximum Gasteiger partial charge on any atom is 0.252 e. The molecule has 0 radical (unpaired) electrons. The third-order valence-corrected chi connectivity index (χ3v) is 2.93. The molecule has 0 atom stereocenters. The molecule has 4 N–H and O–H groups in total. The van der Waals surface area contributed by atoms with E-state index in [1.165, 1.54) is 0 Å². The lowest BCUT2D eigenvalue weighted by molar-refractivity contribution is 0.100. The standard InChI is InChI=1S/C14H16N4O/c1-18(11-6-4-10(9-15)5-7-11)14-12(13(16)19)3-2-8-17-14/h2-8H,9,15H2,1H3,(H2,16,19). The van der Waals surface area contributed by atoms with Crippen LogP contribution >= 0.6 is 0 Å². The number of primary amides is 1. The number of hydrogen-bond acceptors (Lipinski definition) is 4. The summed E-state index contributed by atoms with van der Waals surface area (Å²) in [7, 11) is 1.84. The molecule has 19 heavy (non-hydrogen) atoms. The van der Waals surface area contributed by atoms with Crippen molar-refractivity contribution in [2.24, 2.45) is 11.5 Å². The molecule has 2 rings (SSSR count). The summed E-state index contributed by atoms with van der Waals surface area (Å²) < 4.78 is 0. The highest BCUT2D eigenvalue weighted by Gasteiger charge is 2.13. The first kappa shape index (κ1) is 13.0. The Balaban J connectivity index is 2.37. The molecule has 0 unspecified atom stereocenters. The SMILES string of the molecule is CN(c1ccc(CN)cc1)c1ncccc1C(N)=O. The minimum absolute atomic E-state index is 0.396. The molecule has 1 aromatic carbocycles. The third-order valence-electron chi connectivity index (χ3n) is 2.93. The van der Waals surface area contributed by atoms with Crippen molar-refractivity contribution in [1.82, 2.24) is 4.98 Å². The van der Waals surface area contributed by atoms with Gasteiger partial charge in [0.25, 0.3) is 5.91 Å². The van der Waals surface area contributed by atoms with Crippen LogP contribution in [0.3, 0.4) is 0 Å². The van der Waals surface area contributed by atoms with Crippen LogP contribution in [-0.2, 0) is 6.54 Å². The zero-order valence-electron chi connectivity index (χ0n) is 10.7. The Bertz CT molecular complexity index is 580. The van der Waals surface area contributed by atoms with Gasteiger partial charge in [-0.15, -0.1) is 0 Å². The van der Waals surface area contributed by atoms with E-state index in [1.807, 2.05) is 36.2 Å². The average Bonchev–Trinajstić information content (AvgIpc) is 2.46. The van der Waals surface area contributed by atoms with E-state index in [2.05, 4.69) is 4.98 Å². The minimum atomic E-state index is -0.492. The van der Waals surface area contributed by atoms with E-state index in [0.717, 1.165) is 11.3 Å². The number of nitrogens with two attached hydrogens (primary N) is 2. The third kappa shape index (κ3) is 2.71. The fourth-order valence-electron chi connectivity index (χ4n) is 1.83. The van der Waals surface area contributed by atoms with E-state index in [9.17, 15) is 4.79 Å². The zero-order chi connectivity index (χ0) is 13.8. The average molecular weight is 256 g/mol. The van der Waals surface area contributed by atoms with Gasteiger partial charge in [-0.05, 0) is 29.8 Å². The number of rotatable bonds is 4. The first-order chi connectivity index (χ1) is 9.13. The van der Waals surface area contributed by atoms with Crippen LogP contribution in [0.5, 0.6) is 0 Å². The summed E-state index contributed by atoms with van der Waals surface area (Å²) in [6, 6.07) is 11.1. The highest BCUT2D eigenvalue weighted by molar-refractivity contribution is 5.98. The molecular formula is C14H16N4O. The summed E-state index contributed by atoms with van der Waals surface area (Å²) in [6.07, 6.45) is 1.63. The van der Waals surface area contributed by atoms with Crippen LogP contribution < -0.4 is 16.4 Å². The normalized spacial score (nSPS) is 10.2. The topological polar surface area (TPSA) is 85.2 Å². The Labute approximate surface area is 111 Å². The second-order valence-electron chi connectivity index (χ2n) is 4.17. The molecule has 98 valence electrons. The number of anilines is 2. The molecule has 0 saturated carbocycles. The molecule has 0 fully saturated rings. The second-order valence-corrected chi connectivity index (χ2v) is 4.17. The number of benzene rings is 1. The summed E-state index contributed by atoms with van der Waals surface area (Å²) in [5, 5.41) is 0. The lowest BCUT2D eigenvalue weighted by Crippen LogP contribution is -2.19. The first-order valence-electron chi connectivity index (χ1n) is 5.91. The van der Waals surface area contributed by atoms with Crippen molar-refractivity contribution < 1.29 is 4.79 Å². The Hall–Kier alpha value is -2.40. The molecule has 0 aliphatic heterocycles. The monoisotopic (exact) mass is 256 g/mol.